The number of rotatable bonds is 4. The van der Waals surface area contributed by atoms with Crippen molar-refractivity contribution in [2.24, 2.45) is 0 Å². The van der Waals surface area contributed by atoms with Crippen molar-refractivity contribution in [3.05, 3.63) is 39.9 Å². The average molecular weight is 292 g/mol. The second-order valence-electron chi connectivity index (χ2n) is 5.05. The first-order valence-electron chi connectivity index (χ1n) is 6.72. The summed E-state index contributed by atoms with van der Waals surface area (Å²) in [5.41, 5.74) is -1.01. The number of carboxylic acids is 1. The Balaban J connectivity index is 2.30. The van der Waals surface area contributed by atoms with Gasteiger partial charge in [-0.15, -0.1) is 0 Å². The smallest absolute Gasteiger partial charge is 0.329 e. The molecular weight excluding hydrogens is 276 g/mol. The summed E-state index contributed by atoms with van der Waals surface area (Å²) in [7, 11) is 0. The minimum absolute atomic E-state index is 0.104. The van der Waals surface area contributed by atoms with Gasteiger partial charge in [-0.05, 0) is 31.4 Å². The molecule has 0 radical (unpaired) electrons. The lowest BCUT2D eigenvalue weighted by molar-refractivity contribution is -0.384. The van der Waals surface area contributed by atoms with Crippen molar-refractivity contribution in [3.63, 3.8) is 0 Å². The number of hydrogen-bond acceptors (Lipinski definition) is 4. The number of aliphatic carboxylic acids is 1. The lowest BCUT2D eigenvalue weighted by Crippen LogP contribution is -2.52. The van der Waals surface area contributed by atoms with Crippen LogP contribution in [0.15, 0.2) is 24.3 Å². The van der Waals surface area contributed by atoms with Crippen molar-refractivity contribution in [1.29, 1.82) is 0 Å². The molecular formula is C14H16N2O5. The van der Waals surface area contributed by atoms with E-state index in [1.165, 1.54) is 29.2 Å². The van der Waals surface area contributed by atoms with Gasteiger partial charge in [0.25, 0.3) is 11.6 Å². The number of carbonyl (C=O) groups is 2. The van der Waals surface area contributed by atoms with Crippen molar-refractivity contribution >= 4 is 17.6 Å². The molecule has 0 aliphatic carbocycles. The minimum Gasteiger partial charge on any atom is -0.479 e. The highest BCUT2D eigenvalue weighted by Crippen LogP contribution is 2.34. The van der Waals surface area contributed by atoms with E-state index in [1.54, 1.807) is 6.92 Å². The van der Waals surface area contributed by atoms with E-state index in [0.717, 1.165) is 0 Å². The summed E-state index contributed by atoms with van der Waals surface area (Å²) in [4.78, 5) is 35.5. The van der Waals surface area contributed by atoms with Gasteiger partial charge < -0.3 is 10.0 Å². The highest BCUT2D eigenvalue weighted by atomic mass is 16.6. The number of amides is 1. The summed E-state index contributed by atoms with van der Waals surface area (Å²) in [6.07, 6.45) is 1.40. The number of benzene rings is 1. The molecule has 7 nitrogen and oxygen atoms in total. The van der Waals surface area contributed by atoms with E-state index in [9.17, 15) is 24.8 Å². The van der Waals surface area contributed by atoms with Crippen LogP contribution in [-0.2, 0) is 4.79 Å². The third kappa shape index (κ3) is 2.46. The quantitative estimate of drug-likeness (QED) is 0.676. The molecule has 0 bridgehead atoms. The zero-order valence-corrected chi connectivity index (χ0v) is 11.6. The monoisotopic (exact) mass is 292 g/mol. The van der Waals surface area contributed by atoms with E-state index in [1.807, 2.05) is 0 Å². The van der Waals surface area contributed by atoms with Crippen LogP contribution >= 0.6 is 0 Å². The fraction of sp³-hybridized carbons (Fsp3) is 0.429. The minimum atomic E-state index is -1.17. The maximum absolute atomic E-state index is 12.5. The van der Waals surface area contributed by atoms with Crippen molar-refractivity contribution < 1.29 is 19.6 Å². The second-order valence-corrected chi connectivity index (χ2v) is 5.05. The lowest BCUT2D eigenvalue weighted by atomic mass is 9.92. The van der Waals surface area contributed by atoms with Crippen LogP contribution in [0.4, 0.5) is 5.69 Å². The van der Waals surface area contributed by atoms with Gasteiger partial charge in [0, 0.05) is 24.2 Å². The number of hydrogen-bond donors (Lipinski definition) is 1. The highest BCUT2D eigenvalue weighted by molar-refractivity contribution is 5.98. The molecule has 2 rings (SSSR count). The van der Waals surface area contributed by atoms with E-state index >= 15 is 0 Å². The molecule has 1 unspecified atom stereocenters. The molecule has 0 spiro atoms. The maximum Gasteiger partial charge on any atom is 0.329 e. The van der Waals surface area contributed by atoms with Gasteiger partial charge in [-0.2, -0.15) is 0 Å². The predicted octanol–water partition coefficient (Wildman–Crippen LogP) is 2.06. The molecule has 21 heavy (non-hydrogen) atoms. The van der Waals surface area contributed by atoms with Gasteiger partial charge in [-0.25, -0.2) is 4.79 Å². The average Bonchev–Trinajstić information content (AvgIpc) is 2.91. The third-order valence-electron chi connectivity index (χ3n) is 4.04. The number of nitro benzene ring substituents is 1. The summed E-state index contributed by atoms with van der Waals surface area (Å²) in [5, 5.41) is 20.1. The summed E-state index contributed by atoms with van der Waals surface area (Å²) in [5.74, 6) is -1.40. The van der Waals surface area contributed by atoms with Crippen LogP contribution in [0.1, 0.15) is 36.5 Å². The molecule has 1 saturated heterocycles. The van der Waals surface area contributed by atoms with Crippen LogP contribution in [0.25, 0.3) is 0 Å². The first kappa shape index (κ1) is 15.0. The predicted molar refractivity (Wildman–Crippen MR) is 74.0 cm³/mol. The fourth-order valence-corrected chi connectivity index (χ4v) is 2.80. The van der Waals surface area contributed by atoms with Crippen LogP contribution in [0.5, 0.6) is 0 Å². The molecule has 1 atom stereocenters. The number of nitrogens with zero attached hydrogens (tertiary/aromatic N) is 2. The molecule has 1 amide bonds. The summed E-state index contributed by atoms with van der Waals surface area (Å²) in [6.45, 7) is 2.13. The van der Waals surface area contributed by atoms with Gasteiger partial charge in [-0.3, -0.25) is 14.9 Å². The van der Waals surface area contributed by atoms with Gasteiger partial charge in [-0.1, -0.05) is 6.92 Å². The van der Waals surface area contributed by atoms with Crippen LogP contribution < -0.4 is 0 Å². The molecule has 1 aliphatic heterocycles. The molecule has 1 aromatic carbocycles. The van der Waals surface area contributed by atoms with Crippen LogP contribution in [0.2, 0.25) is 0 Å². The zero-order valence-electron chi connectivity index (χ0n) is 11.6. The third-order valence-corrected chi connectivity index (χ3v) is 4.04. The molecule has 7 heteroatoms. The Labute approximate surface area is 121 Å². The Morgan fingerprint density at radius 1 is 1.38 bits per heavy atom. The molecule has 1 heterocycles. The van der Waals surface area contributed by atoms with Crippen LogP contribution in [0, 0.1) is 10.1 Å². The van der Waals surface area contributed by atoms with Gasteiger partial charge in [0.2, 0.25) is 0 Å². The normalized spacial score (nSPS) is 21.3. The largest absolute Gasteiger partial charge is 0.479 e. The maximum atomic E-state index is 12.5. The van der Waals surface area contributed by atoms with E-state index in [-0.39, 0.29) is 11.3 Å². The van der Waals surface area contributed by atoms with Crippen LogP contribution in [-0.4, -0.2) is 38.9 Å². The molecule has 1 aromatic rings. The number of likely N-dealkylation sites (tertiary alicyclic amines) is 1. The Morgan fingerprint density at radius 3 is 2.48 bits per heavy atom. The van der Waals surface area contributed by atoms with Crippen molar-refractivity contribution in [1.82, 2.24) is 4.90 Å². The van der Waals surface area contributed by atoms with Gasteiger partial charge >= 0.3 is 5.97 Å². The molecule has 1 aliphatic rings. The second kappa shape index (κ2) is 5.51. The van der Waals surface area contributed by atoms with E-state index < -0.39 is 22.3 Å². The summed E-state index contributed by atoms with van der Waals surface area (Å²) in [6, 6.07) is 5.22. The Bertz CT molecular complexity index is 584. The Kier molecular flexibility index (Phi) is 3.93. The number of nitro groups is 1. The van der Waals surface area contributed by atoms with Gasteiger partial charge in [0.1, 0.15) is 5.54 Å². The topological polar surface area (TPSA) is 101 Å². The summed E-state index contributed by atoms with van der Waals surface area (Å²) < 4.78 is 0. The van der Waals surface area contributed by atoms with E-state index in [0.29, 0.717) is 25.8 Å². The Morgan fingerprint density at radius 2 is 2.00 bits per heavy atom. The van der Waals surface area contributed by atoms with E-state index in [4.69, 9.17) is 0 Å². The molecule has 112 valence electrons. The molecule has 1 N–H and O–H groups in total. The SMILES string of the molecule is CCC1(C(=O)O)CCCN1C(=O)c1ccc([N+](=O)[O-])cc1. The van der Waals surface area contributed by atoms with Crippen LogP contribution in [0.3, 0.4) is 0 Å². The molecule has 0 aromatic heterocycles. The van der Waals surface area contributed by atoms with Gasteiger partial charge in [0.15, 0.2) is 0 Å². The number of carbonyl (C=O) groups excluding carboxylic acids is 1. The fourth-order valence-electron chi connectivity index (χ4n) is 2.80. The molecule has 1 fully saturated rings. The van der Waals surface area contributed by atoms with Crippen molar-refractivity contribution in [2.45, 2.75) is 31.7 Å². The van der Waals surface area contributed by atoms with Crippen molar-refractivity contribution in [3.8, 4) is 0 Å². The highest BCUT2D eigenvalue weighted by Gasteiger charge is 2.48. The lowest BCUT2D eigenvalue weighted by Gasteiger charge is -2.33. The number of carboxylic acid groups (broad SMARTS) is 1. The number of non-ortho nitro benzene ring substituents is 1. The van der Waals surface area contributed by atoms with Crippen molar-refractivity contribution in [2.75, 3.05) is 6.54 Å². The summed E-state index contributed by atoms with van der Waals surface area (Å²) >= 11 is 0. The standard InChI is InChI=1S/C14H16N2O5/c1-2-14(13(18)19)8-3-9-15(14)12(17)10-4-6-11(7-5-10)16(20)21/h4-7H,2-3,8-9H2,1H3,(H,18,19). The first-order chi connectivity index (χ1) is 9.92. The Hall–Kier alpha value is -2.44. The zero-order chi connectivity index (χ0) is 15.6. The molecule has 0 saturated carbocycles. The van der Waals surface area contributed by atoms with E-state index in [2.05, 4.69) is 0 Å². The van der Waals surface area contributed by atoms with Gasteiger partial charge in [0.05, 0.1) is 4.92 Å². The first-order valence-corrected chi connectivity index (χ1v) is 6.72.